The Morgan fingerprint density at radius 3 is 2.53 bits per heavy atom. The predicted octanol–water partition coefficient (Wildman–Crippen LogP) is 1.35. The quantitative estimate of drug-likeness (QED) is 0.864. The first-order valence-corrected chi connectivity index (χ1v) is 8.07. The Morgan fingerprint density at radius 1 is 1.32 bits per heavy atom. The molecule has 0 atom stereocenters. The molecule has 5 nitrogen and oxygen atoms in total. The van der Waals surface area contributed by atoms with Crippen LogP contribution in [0.1, 0.15) is 23.2 Å². The maximum atomic E-state index is 11.9. The third-order valence-electron chi connectivity index (χ3n) is 3.09. The minimum Gasteiger partial charge on any atom is -0.507 e. The zero-order valence-electron chi connectivity index (χ0n) is 10.1. The standard InChI is InChI=1S/C12H14ClNO4S/c13-8-1-2-10(11(15)7-8)12(16)14-9-3-5-19(17,18)6-4-9/h1-2,7,9,15H,3-6H2,(H,14,16). The normalized spacial score (nSPS) is 19.0. The van der Waals surface area contributed by atoms with Gasteiger partial charge in [0.05, 0.1) is 17.1 Å². The van der Waals surface area contributed by atoms with Crippen molar-refractivity contribution in [3.05, 3.63) is 28.8 Å². The molecule has 0 spiro atoms. The Morgan fingerprint density at radius 2 is 1.95 bits per heavy atom. The summed E-state index contributed by atoms with van der Waals surface area (Å²) >= 11 is 5.69. The number of halogens is 1. The monoisotopic (exact) mass is 303 g/mol. The van der Waals surface area contributed by atoms with Crippen LogP contribution in [0, 0.1) is 0 Å². The van der Waals surface area contributed by atoms with Crippen molar-refractivity contribution >= 4 is 27.3 Å². The van der Waals surface area contributed by atoms with Crippen LogP contribution in [0.25, 0.3) is 0 Å². The molecule has 1 aliphatic heterocycles. The van der Waals surface area contributed by atoms with Crippen LogP contribution < -0.4 is 5.32 Å². The van der Waals surface area contributed by atoms with Crippen molar-refractivity contribution in [3.8, 4) is 5.75 Å². The molecule has 1 saturated heterocycles. The summed E-state index contributed by atoms with van der Waals surface area (Å²) < 4.78 is 22.6. The van der Waals surface area contributed by atoms with E-state index >= 15 is 0 Å². The average Bonchev–Trinajstić information content (AvgIpc) is 2.31. The molecule has 19 heavy (non-hydrogen) atoms. The van der Waals surface area contributed by atoms with Crippen molar-refractivity contribution in [2.75, 3.05) is 11.5 Å². The van der Waals surface area contributed by atoms with Gasteiger partial charge in [-0.1, -0.05) is 11.6 Å². The van der Waals surface area contributed by atoms with Crippen LogP contribution in [-0.2, 0) is 9.84 Å². The van der Waals surface area contributed by atoms with E-state index in [4.69, 9.17) is 11.6 Å². The van der Waals surface area contributed by atoms with Gasteiger partial charge in [-0.25, -0.2) is 8.42 Å². The number of carbonyl (C=O) groups excluding carboxylic acids is 1. The number of phenols is 1. The van der Waals surface area contributed by atoms with E-state index in [0.29, 0.717) is 17.9 Å². The molecular weight excluding hydrogens is 290 g/mol. The van der Waals surface area contributed by atoms with E-state index in [9.17, 15) is 18.3 Å². The second-order valence-electron chi connectivity index (χ2n) is 4.56. The number of hydrogen-bond acceptors (Lipinski definition) is 4. The van der Waals surface area contributed by atoms with Gasteiger partial charge in [-0.15, -0.1) is 0 Å². The summed E-state index contributed by atoms with van der Waals surface area (Å²) in [5.74, 6) is -0.429. The molecule has 1 amide bonds. The molecule has 2 rings (SSSR count). The Balaban J connectivity index is 2.02. The molecule has 0 bridgehead atoms. The third-order valence-corrected chi connectivity index (χ3v) is 5.04. The lowest BCUT2D eigenvalue weighted by atomic mass is 10.1. The highest BCUT2D eigenvalue weighted by Crippen LogP contribution is 2.22. The summed E-state index contributed by atoms with van der Waals surface area (Å²) in [6, 6.07) is 4.07. The fourth-order valence-corrected chi connectivity index (χ4v) is 3.65. The molecule has 0 aliphatic carbocycles. The average molecular weight is 304 g/mol. The fourth-order valence-electron chi connectivity index (χ4n) is 1.99. The Bertz CT molecular complexity index is 586. The van der Waals surface area contributed by atoms with Crippen molar-refractivity contribution in [3.63, 3.8) is 0 Å². The molecule has 1 heterocycles. The SMILES string of the molecule is O=C(NC1CCS(=O)(=O)CC1)c1ccc(Cl)cc1O. The van der Waals surface area contributed by atoms with Crippen LogP contribution in [0.4, 0.5) is 0 Å². The lowest BCUT2D eigenvalue weighted by molar-refractivity contribution is 0.0931. The highest BCUT2D eigenvalue weighted by atomic mass is 35.5. The number of nitrogens with one attached hydrogen (secondary N) is 1. The van der Waals surface area contributed by atoms with Crippen LogP contribution in [0.2, 0.25) is 5.02 Å². The highest BCUT2D eigenvalue weighted by molar-refractivity contribution is 7.91. The van der Waals surface area contributed by atoms with E-state index < -0.39 is 15.7 Å². The van der Waals surface area contributed by atoms with Crippen molar-refractivity contribution in [1.29, 1.82) is 0 Å². The van der Waals surface area contributed by atoms with Gasteiger partial charge < -0.3 is 10.4 Å². The molecule has 104 valence electrons. The van der Waals surface area contributed by atoms with Gasteiger partial charge in [-0.3, -0.25) is 4.79 Å². The second kappa shape index (κ2) is 5.38. The van der Waals surface area contributed by atoms with E-state index in [1.54, 1.807) is 0 Å². The van der Waals surface area contributed by atoms with Gasteiger partial charge in [0.1, 0.15) is 15.6 Å². The molecular formula is C12H14ClNO4S. The first-order chi connectivity index (χ1) is 8.87. The summed E-state index contributed by atoms with van der Waals surface area (Å²) in [5, 5.41) is 12.7. The molecule has 0 aromatic heterocycles. The van der Waals surface area contributed by atoms with E-state index in [1.165, 1.54) is 18.2 Å². The van der Waals surface area contributed by atoms with Crippen molar-refractivity contribution < 1.29 is 18.3 Å². The number of hydrogen-bond donors (Lipinski definition) is 2. The summed E-state index contributed by atoms with van der Waals surface area (Å²) in [7, 11) is -2.95. The number of aromatic hydroxyl groups is 1. The molecule has 2 N–H and O–H groups in total. The van der Waals surface area contributed by atoms with Gasteiger partial charge >= 0.3 is 0 Å². The molecule has 1 fully saturated rings. The summed E-state index contributed by atoms with van der Waals surface area (Å²) in [4.78, 5) is 11.9. The Kier molecular flexibility index (Phi) is 4.01. The van der Waals surface area contributed by atoms with Crippen LogP contribution in [0.3, 0.4) is 0 Å². The van der Waals surface area contributed by atoms with Gasteiger partial charge in [-0.05, 0) is 31.0 Å². The van der Waals surface area contributed by atoms with Gasteiger partial charge in [-0.2, -0.15) is 0 Å². The second-order valence-corrected chi connectivity index (χ2v) is 7.30. The maximum Gasteiger partial charge on any atom is 0.255 e. The highest BCUT2D eigenvalue weighted by Gasteiger charge is 2.25. The molecule has 1 aromatic carbocycles. The first-order valence-electron chi connectivity index (χ1n) is 5.87. The minimum absolute atomic E-state index is 0.0878. The maximum absolute atomic E-state index is 11.9. The van der Waals surface area contributed by atoms with E-state index in [0.717, 1.165) is 0 Å². The van der Waals surface area contributed by atoms with Crippen LogP contribution in [0.5, 0.6) is 5.75 Å². The fraction of sp³-hybridized carbons (Fsp3) is 0.417. The summed E-state index contributed by atoms with van der Waals surface area (Å²) in [6.45, 7) is 0. The zero-order chi connectivity index (χ0) is 14.0. The van der Waals surface area contributed by atoms with E-state index in [-0.39, 0.29) is 28.9 Å². The zero-order valence-corrected chi connectivity index (χ0v) is 11.7. The lowest BCUT2D eigenvalue weighted by Gasteiger charge is -2.23. The third kappa shape index (κ3) is 3.61. The van der Waals surface area contributed by atoms with Crippen LogP contribution in [0.15, 0.2) is 18.2 Å². The largest absolute Gasteiger partial charge is 0.507 e. The Labute approximate surface area is 116 Å². The molecule has 0 unspecified atom stereocenters. The smallest absolute Gasteiger partial charge is 0.255 e. The van der Waals surface area contributed by atoms with Crippen molar-refractivity contribution in [2.45, 2.75) is 18.9 Å². The number of rotatable bonds is 2. The minimum atomic E-state index is -2.95. The van der Waals surface area contributed by atoms with Crippen molar-refractivity contribution in [1.82, 2.24) is 5.32 Å². The van der Waals surface area contributed by atoms with Crippen molar-refractivity contribution in [2.24, 2.45) is 0 Å². The number of benzene rings is 1. The summed E-state index contributed by atoms with van der Waals surface area (Å²) in [6.07, 6.45) is 0.810. The van der Waals surface area contributed by atoms with Gasteiger partial charge in [0, 0.05) is 11.1 Å². The number of amides is 1. The van der Waals surface area contributed by atoms with Gasteiger partial charge in [0.2, 0.25) is 0 Å². The van der Waals surface area contributed by atoms with E-state index in [1.807, 2.05) is 0 Å². The first kappa shape index (κ1) is 14.1. The van der Waals surface area contributed by atoms with Crippen LogP contribution >= 0.6 is 11.6 Å². The lowest BCUT2D eigenvalue weighted by Crippen LogP contribution is -2.40. The molecule has 0 saturated carbocycles. The van der Waals surface area contributed by atoms with Crippen LogP contribution in [-0.4, -0.2) is 37.0 Å². The molecule has 7 heteroatoms. The number of sulfone groups is 1. The summed E-state index contributed by atoms with van der Waals surface area (Å²) in [5.41, 5.74) is 0.137. The number of carbonyl (C=O) groups is 1. The molecule has 1 aliphatic rings. The van der Waals surface area contributed by atoms with Gasteiger partial charge in [0.15, 0.2) is 0 Å². The predicted molar refractivity (Wildman–Crippen MR) is 72.3 cm³/mol. The topological polar surface area (TPSA) is 83.5 Å². The van der Waals surface area contributed by atoms with E-state index in [2.05, 4.69) is 5.32 Å². The number of phenolic OH excluding ortho intramolecular Hbond substituents is 1. The molecule has 0 radical (unpaired) electrons. The van der Waals surface area contributed by atoms with Gasteiger partial charge in [0.25, 0.3) is 5.91 Å². The molecule has 1 aromatic rings. The Hall–Kier alpha value is -1.27.